The highest BCUT2D eigenvalue weighted by Crippen LogP contribution is 2.23. The van der Waals surface area contributed by atoms with E-state index in [0.29, 0.717) is 11.3 Å². The predicted octanol–water partition coefficient (Wildman–Crippen LogP) is 3.79. The molecule has 3 aromatic rings. The highest BCUT2D eigenvalue weighted by atomic mass is 19.4. The topological polar surface area (TPSA) is 47.0 Å². The molecule has 0 amide bonds. The molecule has 1 N–H and O–H groups in total. The van der Waals surface area contributed by atoms with Gasteiger partial charge in [0.25, 0.3) is 5.56 Å². The molecule has 0 saturated carbocycles. The smallest absolute Gasteiger partial charge is 0.406 e. The van der Waals surface area contributed by atoms with Crippen molar-refractivity contribution < 1.29 is 17.9 Å². The maximum Gasteiger partial charge on any atom is 0.573 e. The average molecular weight is 334 g/mol. The number of halogens is 3. The number of nitrogens with one attached hydrogen (secondary N) is 1. The lowest BCUT2D eigenvalue weighted by Gasteiger charge is -2.09. The second kappa shape index (κ2) is 6.27. The maximum absolute atomic E-state index is 12.1. The summed E-state index contributed by atoms with van der Waals surface area (Å²) in [4.78, 5) is 12.0. The van der Waals surface area contributed by atoms with Crippen LogP contribution in [-0.2, 0) is 6.54 Å². The molecule has 1 heterocycles. The molecule has 24 heavy (non-hydrogen) atoms. The minimum Gasteiger partial charge on any atom is -0.406 e. The van der Waals surface area contributed by atoms with Crippen LogP contribution in [0.3, 0.4) is 0 Å². The summed E-state index contributed by atoms with van der Waals surface area (Å²) in [5, 5.41) is 2.99. The first-order chi connectivity index (χ1) is 11.4. The van der Waals surface area contributed by atoms with Gasteiger partial charge in [-0.2, -0.15) is 0 Å². The molecule has 0 aliphatic heterocycles. The van der Waals surface area contributed by atoms with E-state index in [1.807, 2.05) is 30.3 Å². The Labute approximate surface area is 135 Å². The second-order valence-electron chi connectivity index (χ2n) is 5.15. The van der Waals surface area contributed by atoms with E-state index in [0.717, 1.165) is 5.56 Å². The Morgan fingerprint density at radius 3 is 2.29 bits per heavy atom. The fourth-order valence-corrected chi connectivity index (χ4v) is 2.30. The molecule has 0 spiro atoms. The Bertz CT molecular complexity index is 865. The summed E-state index contributed by atoms with van der Waals surface area (Å²) in [6.07, 6.45) is -4.72. The number of alkyl halides is 3. The van der Waals surface area contributed by atoms with Gasteiger partial charge in [-0.05, 0) is 23.3 Å². The first kappa shape index (κ1) is 15.9. The van der Waals surface area contributed by atoms with Crippen molar-refractivity contribution in [2.24, 2.45) is 0 Å². The fraction of sp³-hybridized carbons (Fsp3) is 0.118. The number of aromatic nitrogens is 2. The SMILES string of the molecule is O=c1cc(-c2ccccc2)[nH]n1Cc1ccc(OC(F)(F)F)cc1. The summed E-state index contributed by atoms with van der Waals surface area (Å²) in [5.41, 5.74) is 2.01. The van der Waals surface area contributed by atoms with Gasteiger partial charge in [0.05, 0.1) is 12.2 Å². The molecule has 124 valence electrons. The Morgan fingerprint density at radius 1 is 1.00 bits per heavy atom. The zero-order chi connectivity index (χ0) is 17.2. The standard InChI is InChI=1S/C17H13F3N2O2/c18-17(19,20)24-14-8-6-12(7-9-14)11-22-16(23)10-15(21-22)13-4-2-1-3-5-13/h1-10,21H,11H2. The number of ether oxygens (including phenoxy) is 1. The maximum atomic E-state index is 12.1. The minimum absolute atomic E-state index is 0.218. The summed E-state index contributed by atoms with van der Waals surface area (Å²) in [7, 11) is 0. The van der Waals surface area contributed by atoms with Crippen molar-refractivity contribution in [3.63, 3.8) is 0 Å². The van der Waals surface area contributed by atoms with Crippen molar-refractivity contribution in [1.29, 1.82) is 0 Å². The summed E-state index contributed by atoms with van der Waals surface area (Å²) < 4.78 is 41.6. The van der Waals surface area contributed by atoms with Crippen LogP contribution in [0, 0.1) is 0 Å². The molecule has 0 aliphatic carbocycles. The van der Waals surface area contributed by atoms with Crippen LogP contribution in [0.2, 0.25) is 0 Å². The minimum atomic E-state index is -4.72. The number of H-pyrrole nitrogens is 1. The van der Waals surface area contributed by atoms with Crippen molar-refractivity contribution in [2.45, 2.75) is 12.9 Å². The molecule has 1 aromatic heterocycles. The fourth-order valence-electron chi connectivity index (χ4n) is 2.30. The van der Waals surface area contributed by atoms with Crippen molar-refractivity contribution in [2.75, 3.05) is 0 Å². The Morgan fingerprint density at radius 2 is 1.67 bits per heavy atom. The number of aromatic amines is 1. The van der Waals surface area contributed by atoms with Crippen LogP contribution in [0.25, 0.3) is 11.3 Å². The van der Waals surface area contributed by atoms with Gasteiger partial charge in [-0.1, -0.05) is 42.5 Å². The highest BCUT2D eigenvalue weighted by Gasteiger charge is 2.30. The molecule has 0 bridgehead atoms. The third-order valence-electron chi connectivity index (χ3n) is 3.37. The first-order valence-electron chi connectivity index (χ1n) is 7.11. The van der Waals surface area contributed by atoms with Crippen molar-refractivity contribution in [3.05, 3.63) is 76.6 Å². The molecule has 0 atom stereocenters. The molecular formula is C17H13F3N2O2. The molecule has 0 radical (unpaired) electrons. The molecule has 4 nitrogen and oxygen atoms in total. The average Bonchev–Trinajstić information content (AvgIpc) is 2.90. The number of hydrogen-bond acceptors (Lipinski definition) is 2. The molecular weight excluding hydrogens is 321 g/mol. The van der Waals surface area contributed by atoms with Gasteiger partial charge in [0, 0.05) is 6.07 Å². The Kier molecular flexibility index (Phi) is 4.16. The highest BCUT2D eigenvalue weighted by molar-refractivity contribution is 5.58. The normalized spacial score (nSPS) is 11.5. The summed E-state index contributed by atoms with van der Waals surface area (Å²) in [6.45, 7) is 0.220. The van der Waals surface area contributed by atoms with E-state index in [1.165, 1.54) is 35.0 Å². The second-order valence-corrected chi connectivity index (χ2v) is 5.15. The van der Waals surface area contributed by atoms with Gasteiger partial charge in [0.15, 0.2) is 0 Å². The van der Waals surface area contributed by atoms with Gasteiger partial charge in [-0.3, -0.25) is 9.89 Å². The van der Waals surface area contributed by atoms with E-state index in [9.17, 15) is 18.0 Å². The molecule has 3 rings (SSSR count). The van der Waals surface area contributed by atoms with Crippen molar-refractivity contribution >= 4 is 0 Å². The lowest BCUT2D eigenvalue weighted by Crippen LogP contribution is -2.18. The third-order valence-corrected chi connectivity index (χ3v) is 3.37. The number of hydrogen-bond donors (Lipinski definition) is 1. The Hall–Kier alpha value is -2.96. The summed E-state index contributed by atoms with van der Waals surface area (Å²) in [6, 6.07) is 16.2. The van der Waals surface area contributed by atoms with E-state index < -0.39 is 6.36 Å². The molecule has 7 heteroatoms. The molecule has 0 saturated heterocycles. The first-order valence-corrected chi connectivity index (χ1v) is 7.11. The molecule has 0 aliphatic rings. The van der Waals surface area contributed by atoms with Gasteiger partial charge in [0.2, 0.25) is 0 Å². The summed E-state index contributed by atoms with van der Waals surface area (Å²) >= 11 is 0. The number of rotatable bonds is 4. The predicted molar refractivity (Wildman–Crippen MR) is 82.7 cm³/mol. The van der Waals surface area contributed by atoms with Crippen LogP contribution in [0.1, 0.15) is 5.56 Å². The third kappa shape index (κ3) is 3.87. The lowest BCUT2D eigenvalue weighted by molar-refractivity contribution is -0.274. The molecule has 0 unspecified atom stereocenters. The largest absolute Gasteiger partial charge is 0.573 e. The van der Waals surface area contributed by atoms with Gasteiger partial charge in [-0.15, -0.1) is 13.2 Å². The van der Waals surface area contributed by atoms with E-state index in [2.05, 4.69) is 9.84 Å². The quantitative estimate of drug-likeness (QED) is 0.789. The molecule has 2 aromatic carbocycles. The van der Waals surface area contributed by atoms with Crippen molar-refractivity contribution in [1.82, 2.24) is 9.78 Å². The van der Waals surface area contributed by atoms with Gasteiger partial charge in [0.1, 0.15) is 5.75 Å². The zero-order valence-electron chi connectivity index (χ0n) is 12.4. The lowest BCUT2D eigenvalue weighted by atomic mass is 10.2. The zero-order valence-corrected chi connectivity index (χ0v) is 12.4. The van der Waals surface area contributed by atoms with E-state index in [1.54, 1.807) is 0 Å². The number of nitrogens with zero attached hydrogens (tertiary/aromatic N) is 1. The van der Waals surface area contributed by atoms with Crippen LogP contribution in [0.15, 0.2) is 65.5 Å². The van der Waals surface area contributed by atoms with Crippen molar-refractivity contribution in [3.8, 4) is 17.0 Å². The van der Waals surface area contributed by atoms with E-state index >= 15 is 0 Å². The Balaban J connectivity index is 1.77. The van der Waals surface area contributed by atoms with Gasteiger partial charge >= 0.3 is 6.36 Å². The van der Waals surface area contributed by atoms with E-state index in [-0.39, 0.29) is 17.9 Å². The van der Waals surface area contributed by atoms with Crippen LogP contribution in [-0.4, -0.2) is 16.1 Å². The van der Waals surface area contributed by atoms with Crippen LogP contribution in [0.5, 0.6) is 5.75 Å². The van der Waals surface area contributed by atoms with Gasteiger partial charge < -0.3 is 4.74 Å². The number of benzene rings is 2. The van der Waals surface area contributed by atoms with Gasteiger partial charge in [-0.25, -0.2) is 4.68 Å². The van der Waals surface area contributed by atoms with Crippen LogP contribution < -0.4 is 10.3 Å². The van der Waals surface area contributed by atoms with E-state index in [4.69, 9.17) is 0 Å². The monoisotopic (exact) mass is 334 g/mol. The van der Waals surface area contributed by atoms with Crippen LogP contribution >= 0.6 is 0 Å². The summed E-state index contributed by atoms with van der Waals surface area (Å²) in [5.74, 6) is -0.296. The van der Waals surface area contributed by atoms with Crippen LogP contribution in [0.4, 0.5) is 13.2 Å². The molecule has 0 fully saturated rings.